The quantitative estimate of drug-likeness (QED) is 0.825. The maximum absolute atomic E-state index is 11.6. The van der Waals surface area contributed by atoms with Crippen LogP contribution in [0.25, 0.3) is 6.08 Å². The molecule has 0 aliphatic heterocycles. The summed E-state index contributed by atoms with van der Waals surface area (Å²) in [4.78, 5) is 12.6. The van der Waals surface area contributed by atoms with Crippen molar-refractivity contribution in [3.05, 3.63) is 52.6 Å². The molecule has 2 heterocycles. The van der Waals surface area contributed by atoms with Gasteiger partial charge in [-0.25, -0.2) is 0 Å². The average Bonchev–Trinajstić information content (AvgIpc) is 3.06. The van der Waals surface area contributed by atoms with Crippen molar-refractivity contribution < 1.29 is 14.3 Å². The van der Waals surface area contributed by atoms with Crippen molar-refractivity contribution in [1.29, 1.82) is 0 Å². The molecule has 2 aromatic heterocycles. The zero-order valence-electron chi connectivity index (χ0n) is 10.5. The minimum absolute atomic E-state index is 0.0914. The molecule has 2 rings (SSSR count). The predicted molar refractivity (Wildman–Crippen MR) is 74.6 cm³/mol. The van der Waals surface area contributed by atoms with Crippen molar-refractivity contribution in [1.82, 2.24) is 5.32 Å². The van der Waals surface area contributed by atoms with E-state index >= 15 is 0 Å². The van der Waals surface area contributed by atoms with Crippen LogP contribution in [0, 0.1) is 0 Å². The first kappa shape index (κ1) is 13.6. The van der Waals surface area contributed by atoms with Gasteiger partial charge in [0.05, 0.1) is 12.8 Å². The maximum Gasteiger partial charge on any atom is 0.244 e. The molecule has 0 spiro atoms. The smallest absolute Gasteiger partial charge is 0.244 e. The Morgan fingerprint density at radius 1 is 1.53 bits per heavy atom. The molecule has 0 aliphatic rings. The number of carbonyl (C=O) groups excluding carboxylic acids is 1. The first-order chi connectivity index (χ1) is 9.08. The van der Waals surface area contributed by atoms with Crippen molar-refractivity contribution >= 4 is 23.3 Å². The van der Waals surface area contributed by atoms with Gasteiger partial charge in [0.15, 0.2) is 0 Å². The zero-order valence-corrected chi connectivity index (χ0v) is 11.3. The van der Waals surface area contributed by atoms with E-state index in [9.17, 15) is 9.90 Å². The van der Waals surface area contributed by atoms with Crippen LogP contribution in [0.1, 0.15) is 17.6 Å². The second-order valence-electron chi connectivity index (χ2n) is 4.32. The van der Waals surface area contributed by atoms with Gasteiger partial charge in [-0.1, -0.05) is 6.07 Å². The second-order valence-corrected chi connectivity index (χ2v) is 5.30. The number of rotatable bonds is 5. The van der Waals surface area contributed by atoms with E-state index in [1.165, 1.54) is 12.3 Å². The molecule has 2 N–H and O–H groups in total. The van der Waals surface area contributed by atoms with E-state index in [2.05, 4.69) is 5.32 Å². The molecule has 0 bridgehead atoms. The highest BCUT2D eigenvalue weighted by molar-refractivity contribution is 7.10. The first-order valence-corrected chi connectivity index (χ1v) is 6.72. The van der Waals surface area contributed by atoms with E-state index in [-0.39, 0.29) is 12.5 Å². The van der Waals surface area contributed by atoms with Gasteiger partial charge in [0.1, 0.15) is 11.4 Å². The lowest BCUT2D eigenvalue weighted by molar-refractivity contribution is -0.117. The van der Waals surface area contributed by atoms with Crippen molar-refractivity contribution in [2.75, 3.05) is 6.54 Å². The fourth-order valence-electron chi connectivity index (χ4n) is 1.53. The topological polar surface area (TPSA) is 62.5 Å². The Labute approximate surface area is 115 Å². The second kappa shape index (κ2) is 5.86. The molecule has 5 heteroatoms. The molecule has 0 radical (unpaired) electrons. The van der Waals surface area contributed by atoms with Crippen LogP contribution in [0.2, 0.25) is 0 Å². The summed E-state index contributed by atoms with van der Waals surface area (Å²) in [7, 11) is 0. The van der Waals surface area contributed by atoms with Crippen molar-refractivity contribution in [3.8, 4) is 0 Å². The maximum atomic E-state index is 11.6. The molecule has 0 saturated carbocycles. The lowest BCUT2D eigenvalue weighted by atomic mass is 10.0. The molecular formula is C14H15NO3S. The Balaban J connectivity index is 1.87. The Hall–Kier alpha value is -1.85. The molecule has 1 amide bonds. The molecule has 0 aliphatic carbocycles. The molecule has 100 valence electrons. The number of carbonyl (C=O) groups is 1. The van der Waals surface area contributed by atoms with Crippen LogP contribution in [-0.2, 0) is 10.4 Å². The van der Waals surface area contributed by atoms with Crippen LogP contribution in [0.15, 0.2) is 46.4 Å². The van der Waals surface area contributed by atoms with E-state index in [1.54, 1.807) is 36.5 Å². The predicted octanol–water partition coefficient (Wildman–Crippen LogP) is 2.38. The minimum Gasteiger partial charge on any atom is -0.466 e. The van der Waals surface area contributed by atoms with E-state index in [0.717, 1.165) is 4.88 Å². The molecule has 2 aromatic rings. The van der Waals surface area contributed by atoms with Crippen LogP contribution in [0.4, 0.5) is 0 Å². The molecule has 19 heavy (non-hydrogen) atoms. The molecule has 0 fully saturated rings. The third-order valence-corrected chi connectivity index (χ3v) is 3.44. The summed E-state index contributed by atoms with van der Waals surface area (Å²) in [6.07, 6.45) is 4.67. The highest BCUT2D eigenvalue weighted by Gasteiger charge is 2.26. The van der Waals surface area contributed by atoms with E-state index in [1.807, 2.05) is 17.5 Å². The largest absolute Gasteiger partial charge is 0.466 e. The highest BCUT2D eigenvalue weighted by Crippen LogP contribution is 2.19. The van der Waals surface area contributed by atoms with Gasteiger partial charge in [-0.15, -0.1) is 11.3 Å². The zero-order chi connectivity index (χ0) is 13.7. The van der Waals surface area contributed by atoms with Crippen LogP contribution in [-0.4, -0.2) is 17.6 Å². The Morgan fingerprint density at radius 2 is 2.37 bits per heavy atom. The van der Waals surface area contributed by atoms with Crippen molar-refractivity contribution in [2.24, 2.45) is 0 Å². The third kappa shape index (κ3) is 3.81. The average molecular weight is 277 g/mol. The summed E-state index contributed by atoms with van der Waals surface area (Å²) < 4.78 is 5.13. The van der Waals surface area contributed by atoms with Crippen LogP contribution >= 0.6 is 11.3 Å². The molecule has 4 nitrogen and oxygen atoms in total. The normalized spacial score (nSPS) is 14.4. The number of thiophene rings is 1. The van der Waals surface area contributed by atoms with Crippen molar-refractivity contribution in [3.63, 3.8) is 0 Å². The van der Waals surface area contributed by atoms with Gasteiger partial charge in [-0.05, 0) is 36.6 Å². The Morgan fingerprint density at radius 3 is 3.00 bits per heavy atom. The van der Waals surface area contributed by atoms with Crippen LogP contribution < -0.4 is 5.32 Å². The summed E-state index contributed by atoms with van der Waals surface area (Å²) in [6, 6.07) is 7.22. The van der Waals surface area contributed by atoms with Gasteiger partial charge in [0.25, 0.3) is 0 Å². The summed E-state index contributed by atoms with van der Waals surface area (Å²) >= 11 is 1.56. The molecule has 0 saturated heterocycles. The van der Waals surface area contributed by atoms with Gasteiger partial charge in [0.2, 0.25) is 5.91 Å². The van der Waals surface area contributed by atoms with Crippen LogP contribution in [0.3, 0.4) is 0 Å². The minimum atomic E-state index is -1.21. The van der Waals surface area contributed by atoms with Gasteiger partial charge in [-0.2, -0.15) is 0 Å². The summed E-state index contributed by atoms with van der Waals surface area (Å²) in [5.74, 6) is 0.176. The number of hydrogen-bond acceptors (Lipinski definition) is 4. The summed E-state index contributed by atoms with van der Waals surface area (Å²) in [5, 5.41) is 14.7. The van der Waals surface area contributed by atoms with Gasteiger partial charge in [-0.3, -0.25) is 4.79 Å². The summed E-state index contributed by atoms with van der Waals surface area (Å²) in [6.45, 7) is 1.68. The lowest BCUT2D eigenvalue weighted by Gasteiger charge is -2.20. The molecular weight excluding hydrogens is 262 g/mol. The lowest BCUT2D eigenvalue weighted by Crippen LogP contribution is -2.37. The SMILES string of the molecule is CC(O)(CNC(=O)C=Cc1cccs1)c1ccco1. The fraction of sp³-hybridized carbons (Fsp3) is 0.214. The van der Waals surface area contributed by atoms with Gasteiger partial charge in [0, 0.05) is 11.0 Å². The van der Waals surface area contributed by atoms with Gasteiger partial charge >= 0.3 is 0 Å². The number of hydrogen-bond donors (Lipinski definition) is 2. The summed E-state index contributed by atoms with van der Waals surface area (Å²) in [5.41, 5.74) is -1.21. The van der Waals surface area contributed by atoms with Crippen LogP contribution in [0.5, 0.6) is 0 Å². The number of amides is 1. The van der Waals surface area contributed by atoms with E-state index in [4.69, 9.17) is 4.42 Å². The number of aliphatic hydroxyl groups is 1. The van der Waals surface area contributed by atoms with Crippen molar-refractivity contribution in [2.45, 2.75) is 12.5 Å². The third-order valence-electron chi connectivity index (χ3n) is 2.60. The number of nitrogens with one attached hydrogen (secondary N) is 1. The van der Waals surface area contributed by atoms with E-state index < -0.39 is 5.60 Å². The molecule has 1 unspecified atom stereocenters. The standard InChI is InChI=1S/C14H15NO3S/c1-14(17,12-5-2-8-18-12)10-15-13(16)7-6-11-4-3-9-19-11/h2-9,17H,10H2,1H3,(H,15,16). The number of furan rings is 1. The Kier molecular flexibility index (Phi) is 4.19. The fourth-order valence-corrected chi connectivity index (χ4v) is 2.15. The van der Waals surface area contributed by atoms with E-state index in [0.29, 0.717) is 5.76 Å². The molecule has 1 atom stereocenters. The monoisotopic (exact) mass is 277 g/mol. The van der Waals surface area contributed by atoms with Gasteiger partial charge < -0.3 is 14.8 Å². The first-order valence-electron chi connectivity index (χ1n) is 5.84. The highest BCUT2D eigenvalue weighted by atomic mass is 32.1. The molecule has 0 aromatic carbocycles. The Bertz CT molecular complexity index is 541.